The van der Waals surface area contributed by atoms with Crippen LogP contribution in [-0.2, 0) is 7.05 Å². The van der Waals surface area contributed by atoms with Gasteiger partial charge in [0.1, 0.15) is 0 Å². The molecule has 2 heterocycles. The van der Waals surface area contributed by atoms with Crippen LogP contribution in [0.15, 0.2) is 27.4 Å². The van der Waals surface area contributed by atoms with E-state index in [-0.39, 0.29) is 5.76 Å². The highest BCUT2D eigenvalue weighted by Crippen LogP contribution is 2.19. The lowest BCUT2D eigenvalue weighted by molar-refractivity contribution is 0.393. The Bertz CT molecular complexity index is 623. The van der Waals surface area contributed by atoms with Crippen molar-refractivity contribution in [3.8, 4) is 0 Å². The molecule has 1 aliphatic heterocycles. The Morgan fingerprint density at radius 2 is 2.42 bits per heavy atom. The molecule has 102 valence electrons. The quantitative estimate of drug-likeness (QED) is 0.880. The summed E-state index contributed by atoms with van der Waals surface area (Å²) < 4.78 is 6.65. The molecule has 3 rings (SSSR count). The Kier molecular flexibility index (Phi) is 3.29. The van der Waals surface area contributed by atoms with Crippen LogP contribution in [-0.4, -0.2) is 24.2 Å². The largest absolute Gasteiger partial charge is 0.419 e. The van der Waals surface area contributed by atoms with Crippen LogP contribution in [0, 0.1) is 5.92 Å². The molecule has 0 aliphatic carbocycles. The normalized spacial score (nSPS) is 19.7. The Morgan fingerprint density at radius 3 is 3.21 bits per heavy atom. The third-order valence-electron chi connectivity index (χ3n) is 3.79. The van der Waals surface area contributed by atoms with Crippen LogP contribution in [0.1, 0.15) is 12.8 Å². The average Bonchev–Trinajstić information content (AvgIpc) is 2.73. The number of hydrogen-bond acceptors (Lipinski definition) is 4. The fourth-order valence-electron chi connectivity index (χ4n) is 2.60. The number of nitrogens with one attached hydrogen (secondary N) is 2. The van der Waals surface area contributed by atoms with E-state index in [1.54, 1.807) is 7.05 Å². The molecule has 2 N–H and O–H groups in total. The van der Waals surface area contributed by atoms with E-state index in [0.29, 0.717) is 11.5 Å². The van der Waals surface area contributed by atoms with Gasteiger partial charge in [-0.15, -0.1) is 0 Å². The second kappa shape index (κ2) is 5.09. The zero-order chi connectivity index (χ0) is 13.2. The van der Waals surface area contributed by atoms with E-state index < -0.39 is 0 Å². The van der Waals surface area contributed by atoms with Crippen LogP contribution in [0.2, 0.25) is 0 Å². The van der Waals surface area contributed by atoms with Gasteiger partial charge in [0.2, 0.25) is 0 Å². The van der Waals surface area contributed by atoms with Crippen LogP contribution in [0.25, 0.3) is 11.1 Å². The number of benzene rings is 1. The summed E-state index contributed by atoms with van der Waals surface area (Å²) in [4.78, 5) is 11.4. The Labute approximate surface area is 111 Å². The summed E-state index contributed by atoms with van der Waals surface area (Å²) in [6.45, 7) is 3.18. The van der Waals surface area contributed by atoms with Crippen LogP contribution >= 0.6 is 0 Å². The number of hydrogen-bond donors (Lipinski definition) is 2. The Morgan fingerprint density at radius 1 is 1.53 bits per heavy atom. The predicted octanol–water partition coefficient (Wildman–Crippen LogP) is 1.54. The summed E-state index contributed by atoms with van der Waals surface area (Å²) in [5.41, 5.74) is 2.50. The highest BCUT2D eigenvalue weighted by Gasteiger charge is 2.13. The number of oxazole rings is 1. The molecule has 1 saturated heterocycles. The van der Waals surface area contributed by atoms with Gasteiger partial charge in [0.25, 0.3) is 0 Å². The molecular formula is C14H19N3O2. The number of fused-ring (bicyclic) bond motifs is 1. The van der Waals surface area contributed by atoms with Crippen molar-refractivity contribution in [3.05, 3.63) is 28.7 Å². The molecule has 1 aliphatic rings. The van der Waals surface area contributed by atoms with Crippen molar-refractivity contribution in [1.82, 2.24) is 9.88 Å². The third kappa shape index (κ3) is 2.51. The topological polar surface area (TPSA) is 59.2 Å². The smallest absolute Gasteiger partial charge is 0.408 e. The summed E-state index contributed by atoms with van der Waals surface area (Å²) in [7, 11) is 1.73. The molecule has 1 aromatic heterocycles. The van der Waals surface area contributed by atoms with Crippen molar-refractivity contribution in [2.24, 2.45) is 13.0 Å². The molecule has 0 spiro atoms. The van der Waals surface area contributed by atoms with Crippen LogP contribution in [0.5, 0.6) is 0 Å². The predicted molar refractivity (Wildman–Crippen MR) is 75.5 cm³/mol. The molecule has 0 bridgehead atoms. The number of nitrogens with zero attached hydrogens (tertiary/aromatic N) is 1. The van der Waals surface area contributed by atoms with E-state index in [4.69, 9.17) is 4.42 Å². The molecule has 1 fully saturated rings. The van der Waals surface area contributed by atoms with Gasteiger partial charge in [0.05, 0.1) is 5.52 Å². The van der Waals surface area contributed by atoms with E-state index in [1.807, 2.05) is 18.2 Å². The van der Waals surface area contributed by atoms with E-state index >= 15 is 0 Å². The number of aryl methyl sites for hydroxylation is 1. The van der Waals surface area contributed by atoms with Gasteiger partial charge in [-0.1, -0.05) is 0 Å². The first kappa shape index (κ1) is 12.3. The Balaban J connectivity index is 1.74. The maximum absolute atomic E-state index is 11.4. The van der Waals surface area contributed by atoms with Gasteiger partial charge in [0.15, 0.2) is 5.58 Å². The fourth-order valence-corrected chi connectivity index (χ4v) is 2.60. The molecule has 5 heteroatoms. The van der Waals surface area contributed by atoms with Crippen molar-refractivity contribution in [2.45, 2.75) is 12.8 Å². The number of rotatable bonds is 3. The van der Waals surface area contributed by atoms with Crippen LogP contribution in [0.4, 0.5) is 5.69 Å². The first-order valence-corrected chi connectivity index (χ1v) is 6.78. The van der Waals surface area contributed by atoms with Gasteiger partial charge in [-0.2, -0.15) is 0 Å². The Hall–Kier alpha value is -1.75. The molecule has 0 radical (unpaired) electrons. The standard InChI is InChI=1S/C14H19N3O2/c1-17-12-7-11(4-5-13(12)19-14(17)18)16-9-10-3-2-6-15-8-10/h4-5,7,10,15-16H,2-3,6,8-9H2,1H3. The van der Waals surface area contributed by atoms with E-state index in [1.165, 1.54) is 17.4 Å². The minimum absolute atomic E-state index is 0.316. The maximum atomic E-state index is 11.4. The average molecular weight is 261 g/mol. The summed E-state index contributed by atoms with van der Waals surface area (Å²) in [5.74, 6) is 0.362. The lowest BCUT2D eigenvalue weighted by atomic mass is 10.00. The monoisotopic (exact) mass is 261 g/mol. The van der Waals surface area contributed by atoms with Gasteiger partial charge >= 0.3 is 5.76 Å². The summed E-state index contributed by atoms with van der Waals surface area (Å²) >= 11 is 0. The van der Waals surface area contributed by atoms with Gasteiger partial charge in [0, 0.05) is 19.3 Å². The maximum Gasteiger partial charge on any atom is 0.419 e. The first-order valence-electron chi connectivity index (χ1n) is 6.78. The minimum Gasteiger partial charge on any atom is -0.408 e. The summed E-state index contributed by atoms with van der Waals surface area (Å²) in [6, 6.07) is 5.77. The van der Waals surface area contributed by atoms with Crippen LogP contribution < -0.4 is 16.4 Å². The highest BCUT2D eigenvalue weighted by molar-refractivity contribution is 5.77. The van der Waals surface area contributed by atoms with E-state index in [9.17, 15) is 4.79 Å². The zero-order valence-electron chi connectivity index (χ0n) is 11.1. The van der Waals surface area contributed by atoms with Crippen LogP contribution in [0.3, 0.4) is 0 Å². The van der Waals surface area contributed by atoms with Gasteiger partial charge in [-0.3, -0.25) is 4.57 Å². The third-order valence-corrected chi connectivity index (χ3v) is 3.79. The van der Waals surface area contributed by atoms with Gasteiger partial charge < -0.3 is 15.1 Å². The van der Waals surface area contributed by atoms with Crippen molar-refractivity contribution >= 4 is 16.8 Å². The van der Waals surface area contributed by atoms with Crippen molar-refractivity contribution in [3.63, 3.8) is 0 Å². The number of piperidine rings is 1. The lowest BCUT2D eigenvalue weighted by Gasteiger charge is -2.23. The SMILES string of the molecule is Cn1c(=O)oc2ccc(NCC3CCCNC3)cc21. The van der Waals surface area contributed by atoms with Gasteiger partial charge in [-0.25, -0.2) is 4.79 Å². The highest BCUT2D eigenvalue weighted by atomic mass is 16.4. The molecule has 0 amide bonds. The number of anilines is 1. The summed E-state index contributed by atoms with van der Waals surface area (Å²) in [6.07, 6.45) is 2.52. The molecule has 1 atom stereocenters. The van der Waals surface area contributed by atoms with E-state index in [0.717, 1.165) is 30.8 Å². The molecule has 0 saturated carbocycles. The second-order valence-electron chi connectivity index (χ2n) is 5.20. The summed E-state index contributed by atoms with van der Waals surface area (Å²) in [5, 5.41) is 6.86. The molecule has 2 aromatic rings. The molecule has 1 unspecified atom stereocenters. The number of aromatic nitrogens is 1. The molecular weight excluding hydrogens is 242 g/mol. The van der Waals surface area contributed by atoms with E-state index in [2.05, 4.69) is 10.6 Å². The zero-order valence-corrected chi connectivity index (χ0v) is 11.1. The van der Waals surface area contributed by atoms with Gasteiger partial charge in [-0.05, 0) is 50.0 Å². The molecule has 19 heavy (non-hydrogen) atoms. The first-order chi connectivity index (χ1) is 9.24. The minimum atomic E-state index is -0.316. The second-order valence-corrected chi connectivity index (χ2v) is 5.20. The van der Waals surface area contributed by atoms with Crippen molar-refractivity contribution in [2.75, 3.05) is 25.0 Å². The lowest BCUT2D eigenvalue weighted by Crippen LogP contribution is -2.33. The van der Waals surface area contributed by atoms with Crippen molar-refractivity contribution in [1.29, 1.82) is 0 Å². The molecule has 5 nitrogen and oxygen atoms in total. The molecule has 1 aromatic carbocycles. The fraction of sp³-hybridized carbons (Fsp3) is 0.500. The van der Waals surface area contributed by atoms with Crippen molar-refractivity contribution < 1.29 is 4.42 Å².